The standard InChI is InChI=1S/C15H14N2OS/c1-11-16-13(10-19-11)6-7-15(18)17-9-8-12-4-2-3-5-14(12)17/h2-7,10H,8-9H2,1H3/b7-6+. The van der Waals surface area contributed by atoms with E-state index < -0.39 is 0 Å². The lowest BCUT2D eigenvalue weighted by Crippen LogP contribution is -2.26. The normalized spacial score (nSPS) is 14.1. The van der Waals surface area contributed by atoms with Gasteiger partial charge in [-0.25, -0.2) is 4.98 Å². The molecule has 1 aliphatic heterocycles. The third-order valence-corrected chi connectivity index (χ3v) is 3.98. The Morgan fingerprint density at radius 2 is 2.26 bits per heavy atom. The van der Waals surface area contributed by atoms with Crippen molar-refractivity contribution in [3.8, 4) is 0 Å². The van der Waals surface area contributed by atoms with E-state index in [1.54, 1.807) is 23.5 Å². The maximum atomic E-state index is 12.2. The van der Waals surface area contributed by atoms with E-state index in [4.69, 9.17) is 0 Å². The molecule has 0 spiro atoms. The lowest BCUT2D eigenvalue weighted by molar-refractivity contribution is -0.114. The lowest BCUT2D eigenvalue weighted by atomic mass is 10.2. The van der Waals surface area contributed by atoms with Crippen LogP contribution < -0.4 is 4.90 Å². The third kappa shape index (κ3) is 2.44. The molecule has 0 bridgehead atoms. The number of carbonyl (C=O) groups excluding carboxylic acids is 1. The highest BCUT2D eigenvalue weighted by Crippen LogP contribution is 2.27. The number of amides is 1. The molecule has 0 N–H and O–H groups in total. The molecule has 96 valence electrons. The number of anilines is 1. The van der Waals surface area contributed by atoms with Gasteiger partial charge in [0.2, 0.25) is 0 Å². The summed E-state index contributed by atoms with van der Waals surface area (Å²) in [6, 6.07) is 8.07. The van der Waals surface area contributed by atoms with Gasteiger partial charge in [-0.05, 0) is 31.1 Å². The maximum Gasteiger partial charge on any atom is 0.251 e. The van der Waals surface area contributed by atoms with Crippen LogP contribution in [-0.2, 0) is 11.2 Å². The van der Waals surface area contributed by atoms with Crippen molar-refractivity contribution < 1.29 is 4.79 Å². The molecule has 0 atom stereocenters. The number of nitrogens with zero attached hydrogens (tertiary/aromatic N) is 2. The van der Waals surface area contributed by atoms with E-state index in [1.807, 2.05) is 35.4 Å². The molecule has 2 aromatic rings. The molecule has 0 unspecified atom stereocenters. The summed E-state index contributed by atoms with van der Waals surface area (Å²) >= 11 is 1.59. The van der Waals surface area contributed by atoms with Crippen LogP contribution in [0.25, 0.3) is 6.08 Å². The topological polar surface area (TPSA) is 33.2 Å². The molecular weight excluding hydrogens is 256 g/mol. The first kappa shape index (κ1) is 12.1. The van der Waals surface area contributed by atoms with Crippen molar-refractivity contribution in [1.29, 1.82) is 0 Å². The van der Waals surface area contributed by atoms with E-state index in [9.17, 15) is 4.79 Å². The SMILES string of the molecule is Cc1nc(/C=C/C(=O)N2CCc3ccccc32)cs1. The Balaban J connectivity index is 1.77. The predicted octanol–water partition coefficient (Wildman–Crippen LogP) is 3.05. The van der Waals surface area contributed by atoms with Crippen molar-refractivity contribution >= 4 is 29.0 Å². The van der Waals surface area contributed by atoms with Crippen molar-refractivity contribution in [3.05, 3.63) is 52.0 Å². The summed E-state index contributed by atoms with van der Waals surface area (Å²) in [6.45, 7) is 2.72. The van der Waals surface area contributed by atoms with Crippen molar-refractivity contribution in [2.45, 2.75) is 13.3 Å². The first-order valence-electron chi connectivity index (χ1n) is 6.23. The van der Waals surface area contributed by atoms with Crippen molar-refractivity contribution in [3.63, 3.8) is 0 Å². The number of hydrogen-bond donors (Lipinski definition) is 0. The largest absolute Gasteiger partial charge is 0.308 e. The summed E-state index contributed by atoms with van der Waals surface area (Å²) in [5.41, 5.74) is 3.13. The summed E-state index contributed by atoms with van der Waals surface area (Å²) in [5, 5.41) is 2.97. The minimum Gasteiger partial charge on any atom is -0.308 e. The molecule has 1 aliphatic rings. The van der Waals surface area contributed by atoms with Gasteiger partial charge >= 0.3 is 0 Å². The molecule has 0 saturated heterocycles. The van der Waals surface area contributed by atoms with Gasteiger partial charge in [0.25, 0.3) is 5.91 Å². The molecule has 0 radical (unpaired) electrons. The number of aromatic nitrogens is 1. The Morgan fingerprint density at radius 3 is 3.05 bits per heavy atom. The zero-order valence-electron chi connectivity index (χ0n) is 10.7. The summed E-state index contributed by atoms with van der Waals surface area (Å²) < 4.78 is 0. The second-order valence-corrected chi connectivity index (χ2v) is 5.56. The quantitative estimate of drug-likeness (QED) is 0.786. The minimum atomic E-state index is 0.0237. The van der Waals surface area contributed by atoms with Crippen LogP contribution in [0.5, 0.6) is 0 Å². The second kappa shape index (κ2) is 4.97. The van der Waals surface area contributed by atoms with E-state index in [1.165, 1.54) is 5.56 Å². The molecule has 0 fully saturated rings. The zero-order chi connectivity index (χ0) is 13.2. The van der Waals surface area contributed by atoms with Crippen LogP contribution in [0.2, 0.25) is 0 Å². The lowest BCUT2D eigenvalue weighted by Gasteiger charge is -2.14. The van der Waals surface area contributed by atoms with Crippen LogP contribution >= 0.6 is 11.3 Å². The van der Waals surface area contributed by atoms with Crippen LogP contribution in [-0.4, -0.2) is 17.4 Å². The monoisotopic (exact) mass is 270 g/mol. The molecular formula is C15H14N2OS. The fraction of sp³-hybridized carbons (Fsp3) is 0.200. The van der Waals surface area contributed by atoms with Crippen LogP contribution in [0.3, 0.4) is 0 Å². The van der Waals surface area contributed by atoms with Crippen LogP contribution in [0.4, 0.5) is 5.69 Å². The Kier molecular flexibility index (Phi) is 3.17. The van der Waals surface area contributed by atoms with Crippen LogP contribution in [0.1, 0.15) is 16.3 Å². The average molecular weight is 270 g/mol. The molecule has 1 aromatic carbocycles. The highest BCUT2D eigenvalue weighted by atomic mass is 32.1. The molecule has 0 aliphatic carbocycles. The Bertz CT molecular complexity index is 645. The molecule has 3 rings (SSSR count). The number of thiazole rings is 1. The molecule has 1 aromatic heterocycles. The first-order valence-corrected chi connectivity index (χ1v) is 7.11. The van der Waals surface area contributed by atoms with Gasteiger partial charge in [0, 0.05) is 23.7 Å². The third-order valence-electron chi connectivity index (χ3n) is 3.19. The second-order valence-electron chi connectivity index (χ2n) is 4.49. The highest BCUT2D eigenvalue weighted by Gasteiger charge is 2.22. The average Bonchev–Trinajstić information content (AvgIpc) is 3.02. The fourth-order valence-corrected chi connectivity index (χ4v) is 2.85. The van der Waals surface area contributed by atoms with Gasteiger partial charge in [-0.2, -0.15) is 0 Å². The van der Waals surface area contributed by atoms with E-state index >= 15 is 0 Å². The van der Waals surface area contributed by atoms with Crippen molar-refractivity contribution in [2.24, 2.45) is 0 Å². The number of benzene rings is 1. The van der Waals surface area contributed by atoms with E-state index in [2.05, 4.69) is 11.1 Å². The number of hydrogen-bond acceptors (Lipinski definition) is 3. The predicted molar refractivity (Wildman–Crippen MR) is 78.4 cm³/mol. The van der Waals surface area contributed by atoms with Gasteiger partial charge < -0.3 is 4.90 Å². The van der Waals surface area contributed by atoms with Gasteiger partial charge in [-0.1, -0.05) is 18.2 Å². The number of carbonyl (C=O) groups is 1. The first-order chi connectivity index (χ1) is 9.24. The highest BCUT2D eigenvalue weighted by molar-refractivity contribution is 7.09. The van der Waals surface area contributed by atoms with E-state index in [0.29, 0.717) is 0 Å². The maximum absolute atomic E-state index is 12.2. The van der Waals surface area contributed by atoms with Crippen LogP contribution in [0.15, 0.2) is 35.7 Å². The smallest absolute Gasteiger partial charge is 0.251 e. The molecule has 4 heteroatoms. The van der Waals surface area contributed by atoms with Crippen molar-refractivity contribution in [1.82, 2.24) is 4.98 Å². The summed E-state index contributed by atoms with van der Waals surface area (Å²) in [7, 11) is 0. The molecule has 19 heavy (non-hydrogen) atoms. The summed E-state index contributed by atoms with van der Waals surface area (Å²) in [4.78, 5) is 18.3. The van der Waals surface area contributed by atoms with E-state index in [0.717, 1.165) is 29.4 Å². The van der Waals surface area contributed by atoms with Gasteiger partial charge in [-0.3, -0.25) is 4.79 Å². The number of aryl methyl sites for hydroxylation is 1. The number of para-hydroxylation sites is 1. The van der Waals surface area contributed by atoms with Gasteiger partial charge in [0.05, 0.1) is 10.7 Å². The summed E-state index contributed by atoms with van der Waals surface area (Å²) in [5.74, 6) is 0.0237. The Morgan fingerprint density at radius 1 is 1.42 bits per heavy atom. The fourth-order valence-electron chi connectivity index (χ4n) is 2.27. The van der Waals surface area contributed by atoms with Crippen molar-refractivity contribution in [2.75, 3.05) is 11.4 Å². The minimum absolute atomic E-state index is 0.0237. The number of rotatable bonds is 2. The van der Waals surface area contributed by atoms with Gasteiger partial charge in [0.1, 0.15) is 0 Å². The molecule has 2 heterocycles. The van der Waals surface area contributed by atoms with E-state index in [-0.39, 0.29) is 5.91 Å². The molecule has 0 saturated carbocycles. The van der Waals surface area contributed by atoms with Gasteiger partial charge in [0.15, 0.2) is 0 Å². The van der Waals surface area contributed by atoms with Crippen LogP contribution in [0, 0.1) is 6.92 Å². The zero-order valence-corrected chi connectivity index (χ0v) is 11.5. The Hall–Kier alpha value is -1.94. The molecule has 1 amide bonds. The Labute approximate surface area is 116 Å². The summed E-state index contributed by atoms with van der Waals surface area (Å²) in [6.07, 6.45) is 4.33. The number of fused-ring (bicyclic) bond motifs is 1. The molecule has 3 nitrogen and oxygen atoms in total. The van der Waals surface area contributed by atoms with Gasteiger partial charge in [-0.15, -0.1) is 11.3 Å².